The number of anilines is 1. The Labute approximate surface area is 155 Å². The van der Waals surface area contributed by atoms with Crippen molar-refractivity contribution in [3.05, 3.63) is 70.5 Å². The molecule has 3 rings (SSSR count). The lowest BCUT2D eigenvalue weighted by molar-refractivity contribution is 0.102. The molecule has 2 heterocycles. The number of thiophene rings is 1. The molecule has 0 bridgehead atoms. The fourth-order valence-electron chi connectivity index (χ4n) is 2.24. The van der Waals surface area contributed by atoms with Crippen LogP contribution < -0.4 is 10.1 Å². The SMILES string of the molecule is CCOc1ncccc1C(=O)Nc1ccccc1SCc1ccsc1. The summed E-state index contributed by atoms with van der Waals surface area (Å²) in [5.41, 5.74) is 2.50. The van der Waals surface area contributed by atoms with Crippen molar-refractivity contribution in [3.8, 4) is 5.88 Å². The summed E-state index contributed by atoms with van der Waals surface area (Å²) in [6.07, 6.45) is 1.62. The minimum atomic E-state index is -0.222. The van der Waals surface area contributed by atoms with E-state index in [0.29, 0.717) is 18.1 Å². The monoisotopic (exact) mass is 370 g/mol. The molecule has 0 fully saturated rings. The number of pyridine rings is 1. The molecule has 0 saturated heterocycles. The Balaban J connectivity index is 1.75. The van der Waals surface area contributed by atoms with Crippen molar-refractivity contribution >= 4 is 34.7 Å². The quantitative estimate of drug-likeness (QED) is 0.589. The number of thioether (sulfide) groups is 1. The molecule has 1 aromatic carbocycles. The third kappa shape index (κ3) is 4.61. The number of carbonyl (C=O) groups excluding carboxylic acids is 1. The first kappa shape index (κ1) is 17.5. The van der Waals surface area contributed by atoms with E-state index in [2.05, 4.69) is 27.1 Å². The highest BCUT2D eigenvalue weighted by molar-refractivity contribution is 7.98. The number of carbonyl (C=O) groups is 1. The molecular formula is C19H18N2O2S2. The predicted octanol–water partition coefficient (Wildman–Crippen LogP) is 5.09. The number of nitrogens with zero attached hydrogens (tertiary/aromatic N) is 1. The van der Waals surface area contributed by atoms with E-state index in [0.717, 1.165) is 16.3 Å². The van der Waals surface area contributed by atoms with Gasteiger partial charge >= 0.3 is 0 Å². The summed E-state index contributed by atoms with van der Waals surface area (Å²) < 4.78 is 5.45. The maximum atomic E-state index is 12.7. The zero-order chi connectivity index (χ0) is 17.5. The molecule has 3 aromatic rings. The Bertz CT molecular complexity index is 835. The van der Waals surface area contributed by atoms with Crippen molar-refractivity contribution in [2.45, 2.75) is 17.6 Å². The summed E-state index contributed by atoms with van der Waals surface area (Å²) in [7, 11) is 0. The first-order valence-electron chi connectivity index (χ1n) is 7.90. The van der Waals surface area contributed by atoms with Crippen molar-refractivity contribution in [3.63, 3.8) is 0 Å². The minimum Gasteiger partial charge on any atom is -0.477 e. The molecule has 0 aliphatic carbocycles. The van der Waals surface area contributed by atoms with Crippen molar-refractivity contribution in [2.24, 2.45) is 0 Å². The third-order valence-electron chi connectivity index (χ3n) is 3.41. The van der Waals surface area contributed by atoms with Gasteiger partial charge in [-0.3, -0.25) is 4.79 Å². The molecule has 2 aromatic heterocycles. The number of aromatic nitrogens is 1. The minimum absolute atomic E-state index is 0.222. The van der Waals surface area contributed by atoms with E-state index in [9.17, 15) is 4.79 Å². The maximum Gasteiger partial charge on any atom is 0.261 e. The average molecular weight is 370 g/mol. The molecule has 0 aliphatic rings. The topological polar surface area (TPSA) is 51.2 Å². The van der Waals surface area contributed by atoms with E-state index < -0.39 is 0 Å². The summed E-state index contributed by atoms with van der Waals surface area (Å²) in [5, 5.41) is 7.19. The number of rotatable bonds is 7. The Kier molecular flexibility index (Phi) is 6.09. The van der Waals surface area contributed by atoms with Gasteiger partial charge < -0.3 is 10.1 Å². The Morgan fingerprint density at radius 2 is 2.12 bits per heavy atom. The average Bonchev–Trinajstić information content (AvgIpc) is 3.15. The summed E-state index contributed by atoms with van der Waals surface area (Å²) in [4.78, 5) is 17.8. The van der Waals surface area contributed by atoms with Gasteiger partial charge in [-0.2, -0.15) is 11.3 Å². The lowest BCUT2D eigenvalue weighted by Crippen LogP contribution is -2.14. The van der Waals surface area contributed by atoms with Crippen LogP contribution in [0.25, 0.3) is 0 Å². The zero-order valence-electron chi connectivity index (χ0n) is 13.8. The zero-order valence-corrected chi connectivity index (χ0v) is 15.4. The van der Waals surface area contributed by atoms with Crippen molar-refractivity contribution in [2.75, 3.05) is 11.9 Å². The summed E-state index contributed by atoms with van der Waals surface area (Å²) >= 11 is 3.39. The van der Waals surface area contributed by atoms with Crippen LogP contribution in [0, 0.1) is 0 Å². The van der Waals surface area contributed by atoms with Gasteiger partial charge in [0.05, 0.1) is 12.3 Å². The maximum absolute atomic E-state index is 12.7. The molecule has 0 aliphatic heterocycles. The molecule has 128 valence electrons. The van der Waals surface area contributed by atoms with Gasteiger partial charge in [0, 0.05) is 16.8 Å². The molecule has 0 radical (unpaired) electrons. The molecule has 0 unspecified atom stereocenters. The second-order valence-corrected chi connectivity index (χ2v) is 6.96. The van der Waals surface area contributed by atoms with E-state index in [4.69, 9.17) is 4.74 Å². The molecule has 4 nitrogen and oxygen atoms in total. The van der Waals surface area contributed by atoms with Gasteiger partial charge in [0.1, 0.15) is 5.56 Å². The molecule has 1 N–H and O–H groups in total. The number of benzene rings is 1. The fourth-order valence-corrected chi connectivity index (χ4v) is 3.96. The molecule has 6 heteroatoms. The number of nitrogens with one attached hydrogen (secondary N) is 1. The number of para-hydroxylation sites is 1. The molecular weight excluding hydrogens is 352 g/mol. The molecule has 1 amide bonds. The van der Waals surface area contributed by atoms with Crippen LogP contribution in [0.5, 0.6) is 5.88 Å². The number of amides is 1. The van der Waals surface area contributed by atoms with E-state index in [1.54, 1.807) is 41.4 Å². The van der Waals surface area contributed by atoms with Gasteiger partial charge in [-0.1, -0.05) is 12.1 Å². The van der Waals surface area contributed by atoms with Gasteiger partial charge in [-0.25, -0.2) is 4.98 Å². The number of hydrogen-bond acceptors (Lipinski definition) is 5. The van der Waals surface area contributed by atoms with E-state index in [1.165, 1.54) is 5.56 Å². The standard InChI is InChI=1S/C19H18N2O2S2/c1-2-23-19-15(6-5-10-20-19)18(22)21-16-7-3-4-8-17(16)25-13-14-9-11-24-12-14/h3-12H,2,13H2,1H3,(H,21,22). The Morgan fingerprint density at radius 3 is 2.92 bits per heavy atom. The number of hydrogen-bond donors (Lipinski definition) is 1. The number of ether oxygens (including phenoxy) is 1. The van der Waals surface area contributed by atoms with Crippen molar-refractivity contribution in [1.29, 1.82) is 0 Å². The second-order valence-electron chi connectivity index (χ2n) is 5.16. The van der Waals surface area contributed by atoms with Crippen LogP contribution in [-0.2, 0) is 5.75 Å². The molecule has 25 heavy (non-hydrogen) atoms. The van der Waals surface area contributed by atoms with Gasteiger partial charge in [-0.05, 0) is 53.6 Å². The van der Waals surface area contributed by atoms with Crippen LogP contribution in [0.1, 0.15) is 22.8 Å². The van der Waals surface area contributed by atoms with E-state index in [1.807, 2.05) is 31.2 Å². The van der Waals surface area contributed by atoms with Crippen LogP contribution in [0.15, 0.2) is 64.3 Å². The highest BCUT2D eigenvalue weighted by Crippen LogP contribution is 2.31. The normalized spacial score (nSPS) is 10.4. The largest absolute Gasteiger partial charge is 0.477 e. The summed E-state index contributed by atoms with van der Waals surface area (Å²) in [6.45, 7) is 2.33. The molecule has 0 atom stereocenters. The first-order chi connectivity index (χ1) is 12.3. The second kappa shape index (κ2) is 8.69. The van der Waals surface area contributed by atoms with Crippen molar-refractivity contribution in [1.82, 2.24) is 4.98 Å². The van der Waals surface area contributed by atoms with Gasteiger partial charge in [-0.15, -0.1) is 11.8 Å². The van der Waals surface area contributed by atoms with Gasteiger partial charge in [0.2, 0.25) is 5.88 Å². The molecule has 0 spiro atoms. The lowest BCUT2D eigenvalue weighted by atomic mass is 10.2. The molecule has 0 saturated carbocycles. The fraction of sp³-hybridized carbons (Fsp3) is 0.158. The first-order valence-corrected chi connectivity index (χ1v) is 9.83. The lowest BCUT2D eigenvalue weighted by Gasteiger charge is -2.12. The van der Waals surface area contributed by atoms with E-state index in [-0.39, 0.29) is 5.91 Å². The van der Waals surface area contributed by atoms with Crippen LogP contribution >= 0.6 is 23.1 Å². The van der Waals surface area contributed by atoms with Crippen LogP contribution in [-0.4, -0.2) is 17.5 Å². The van der Waals surface area contributed by atoms with Gasteiger partial charge in [0.25, 0.3) is 5.91 Å². The smallest absolute Gasteiger partial charge is 0.261 e. The van der Waals surface area contributed by atoms with Gasteiger partial charge in [0.15, 0.2) is 0 Å². The Hall–Kier alpha value is -2.31. The highest BCUT2D eigenvalue weighted by Gasteiger charge is 2.15. The Morgan fingerprint density at radius 1 is 1.24 bits per heavy atom. The highest BCUT2D eigenvalue weighted by atomic mass is 32.2. The van der Waals surface area contributed by atoms with Crippen LogP contribution in [0.3, 0.4) is 0 Å². The van der Waals surface area contributed by atoms with E-state index >= 15 is 0 Å². The summed E-state index contributed by atoms with van der Waals surface area (Å²) in [5.74, 6) is 0.999. The van der Waals surface area contributed by atoms with Crippen molar-refractivity contribution < 1.29 is 9.53 Å². The third-order valence-corrected chi connectivity index (χ3v) is 5.28. The summed E-state index contributed by atoms with van der Waals surface area (Å²) in [6, 6.07) is 13.4. The van der Waals surface area contributed by atoms with Crippen LogP contribution in [0.4, 0.5) is 5.69 Å². The van der Waals surface area contributed by atoms with Crippen LogP contribution in [0.2, 0.25) is 0 Å². The predicted molar refractivity (Wildman–Crippen MR) is 104 cm³/mol.